The zero-order chi connectivity index (χ0) is 9.44. The van der Waals surface area contributed by atoms with Crippen LogP contribution in [-0.2, 0) is 4.79 Å². The number of carbonyl (C=O) groups excluding carboxylic acids is 1. The van der Waals surface area contributed by atoms with E-state index in [9.17, 15) is 9.90 Å². The number of carboxylic acid groups (broad SMARTS) is 3. The van der Waals surface area contributed by atoms with E-state index in [0.29, 0.717) is 0 Å². The Bertz CT molecular complexity index is 132. The second-order valence-corrected chi connectivity index (χ2v) is 1.53. The maximum Gasteiger partial charge on any atom is 1.00 e. The molecule has 0 aliphatic rings. The van der Waals surface area contributed by atoms with E-state index in [2.05, 4.69) is 0 Å². The molecule has 0 fully saturated rings. The fraction of sp³-hybridized carbons (Fsp3) is 0.600. The SMILES string of the molecule is CCC(O)C(=O)[O-].O=C(O)O.[Li+]. The van der Waals surface area contributed by atoms with E-state index in [0.717, 1.165) is 0 Å². The van der Waals surface area contributed by atoms with Gasteiger partial charge in [0, 0.05) is 0 Å². The average molecular weight is 172 g/mol. The average Bonchev–Trinajstić information content (AvgIpc) is 1.85. The van der Waals surface area contributed by atoms with Crippen LogP contribution in [-0.4, -0.2) is 33.5 Å². The number of aliphatic hydroxyl groups is 1. The van der Waals surface area contributed by atoms with Crippen LogP contribution in [0.15, 0.2) is 0 Å². The van der Waals surface area contributed by atoms with Crippen molar-refractivity contribution in [3.63, 3.8) is 0 Å². The minimum Gasteiger partial charge on any atom is -0.547 e. The summed E-state index contributed by atoms with van der Waals surface area (Å²) in [4.78, 5) is 18.1. The summed E-state index contributed by atoms with van der Waals surface area (Å²) in [6.07, 6.45) is -2.91. The monoisotopic (exact) mass is 172 g/mol. The predicted octanol–water partition coefficient (Wildman–Crippen LogP) is -4.27. The molecule has 0 bridgehead atoms. The molecule has 0 amide bonds. The second kappa shape index (κ2) is 10.3. The van der Waals surface area contributed by atoms with Gasteiger partial charge < -0.3 is 25.2 Å². The van der Waals surface area contributed by atoms with Crippen LogP contribution in [0.1, 0.15) is 13.3 Å². The quantitative estimate of drug-likeness (QED) is 0.363. The van der Waals surface area contributed by atoms with E-state index in [1.54, 1.807) is 6.92 Å². The summed E-state index contributed by atoms with van der Waals surface area (Å²) >= 11 is 0. The van der Waals surface area contributed by atoms with E-state index in [4.69, 9.17) is 20.1 Å². The fourth-order valence-corrected chi connectivity index (χ4v) is 0.167. The molecule has 0 saturated carbocycles. The first-order valence-electron chi connectivity index (χ1n) is 2.72. The molecule has 0 aromatic rings. The molecule has 0 aliphatic carbocycles. The number of hydrogen-bond donors (Lipinski definition) is 3. The van der Waals surface area contributed by atoms with Crippen molar-refractivity contribution in [2.24, 2.45) is 0 Å². The van der Waals surface area contributed by atoms with Crippen molar-refractivity contribution in [2.45, 2.75) is 19.4 Å². The van der Waals surface area contributed by atoms with E-state index in [1.165, 1.54) is 0 Å². The molecule has 0 rings (SSSR count). The van der Waals surface area contributed by atoms with Gasteiger partial charge in [-0.05, 0) is 6.42 Å². The minimum absolute atomic E-state index is 0. The van der Waals surface area contributed by atoms with Crippen LogP contribution < -0.4 is 24.0 Å². The number of aliphatic hydroxyl groups excluding tert-OH is 1. The van der Waals surface area contributed by atoms with Crippen molar-refractivity contribution in [1.29, 1.82) is 0 Å². The van der Waals surface area contributed by atoms with Gasteiger partial charge in [-0.3, -0.25) is 0 Å². The molecule has 0 radical (unpaired) electrons. The Morgan fingerprint density at radius 2 is 1.67 bits per heavy atom. The molecule has 0 spiro atoms. The normalized spacial score (nSPS) is 9.83. The molecule has 0 aromatic carbocycles. The van der Waals surface area contributed by atoms with Gasteiger partial charge in [0.2, 0.25) is 0 Å². The van der Waals surface area contributed by atoms with Gasteiger partial charge >= 0.3 is 25.0 Å². The fourth-order valence-electron chi connectivity index (χ4n) is 0.167. The maximum atomic E-state index is 9.57. The largest absolute Gasteiger partial charge is 1.00 e. The van der Waals surface area contributed by atoms with Gasteiger partial charge in [-0.25, -0.2) is 4.79 Å². The predicted molar refractivity (Wildman–Crippen MR) is 32.0 cm³/mol. The van der Waals surface area contributed by atoms with Crippen LogP contribution in [0, 0.1) is 0 Å². The third-order valence-corrected chi connectivity index (χ3v) is 0.659. The standard InChI is InChI=1S/C4H8O3.CH2O3.Li/c1-2-3(5)4(6)7;2-1(3)4;/h3,5H,2H2,1H3,(H,6,7);(H2,2,3,4);/q;;+1/p-1. The molecule has 0 aliphatic heterocycles. The molecular formula is C5H9LiO6. The molecule has 0 saturated heterocycles. The van der Waals surface area contributed by atoms with Crippen LogP contribution in [0.25, 0.3) is 0 Å². The maximum absolute atomic E-state index is 9.57. The zero-order valence-corrected chi connectivity index (χ0v) is 6.85. The van der Waals surface area contributed by atoms with Crippen molar-refractivity contribution in [3.05, 3.63) is 0 Å². The topological polar surface area (TPSA) is 118 Å². The molecule has 0 aromatic heterocycles. The number of aliphatic carboxylic acids is 1. The second-order valence-electron chi connectivity index (χ2n) is 1.53. The zero-order valence-electron chi connectivity index (χ0n) is 6.85. The molecule has 12 heavy (non-hydrogen) atoms. The van der Waals surface area contributed by atoms with Gasteiger partial charge in [0.1, 0.15) is 0 Å². The van der Waals surface area contributed by atoms with Crippen molar-refractivity contribution >= 4 is 12.1 Å². The Morgan fingerprint density at radius 1 is 1.42 bits per heavy atom. The summed E-state index contributed by atoms with van der Waals surface area (Å²) in [6.45, 7) is 1.57. The number of rotatable bonds is 2. The number of carboxylic acids is 1. The molecule has 0 heterocycles. The van der Waals surface area contributed by atoms with Crippen LogP contribution in [0.3, 0.4) is 0 Å². The Morgan fingerprint density at radius 3 is 1.67 bits per heavy atom. The molecule has 6 nitrogen and oxygen atoms in total. The summed E-state index contributed by atoms with van der Waals surface area (Å²) in [5, 5.41) is 31.8. The van der Waals surface area contributed by atoms with Crippen molar-refractivity contribution in [2.75, 3.05) is 0 Å². The summed E-state index contributed by atoms with van der Waals surface area (Å²) in [5.41, 5.74) is 0. The summed E-state index contributed by atoms with van der Waals surface area (Å²) < 4.78 is 0. The molecular weight excluding hydrogens is 163 g/mol. The van der Waals surface area contributed by atoms with Crippen molar-refractivity contribution < 1.29 is 48.9 Å². The van der Waals surface area contributed by atoms with Crippen LogP contribution in [0.5, 0.6) is 0 Å². The van der Waals surface area contributed by atoms with Gasteiger partial charge in [-0.15, -0.1) is 0 Å². The molecule has 7 heteroatoms. The molecule has 1 unspecified atom stereocenters. The van der Waals surface area contributed by atoms with E-state index >= 15 is 0 Å². The Kier molecular flexibility index (Phi) is 14.9. The third-order valence-electron chi connectivity index (χ3n) is 0.659. The third kappa shape index (κ3) is 22.8. The minimum atomic E-state index is -1.83. The first-order valence-corrected chi connectivity index (χ1v) is 2.72. The molecule has 3 N–H and O–H groups in total. The number of carbonyl (C=O) groups is 2. The van der Waals surface area contributed by atoms with Crippen LogP contribution >= 0.6 is 0 Å². The molecule has 66 valence electrons. The van der Waals surface area contributed by atoms with Crippen molar-refractivity contribution in [3.8, 4) is 0 Å². The Labute approximate surface area is 81.0 Å². The van der Waals surface area contributed by atoms with Gasteiger partial charge in [0.05, 0.1) is 12.1 Å². The van der Waals surface area contributed by atoms with Gasteiger partial charge in [0.25, 0.3) is 0 Å². The van der Waals surface area contributed by atoms with E-state index < -0.39 is 18.2 Å². The summed E-state index contributed by atoms with van der Waals surface area (Å²) in [7, 11) is 0. The van der Waals surface area contributed by atoms with Gasteiger partial charge in [0.15, 0.2) is 0 Å². The Hall–Kier alpha value is -0.703. The summed E-state index contributed by atoms with van der Waals surface area (Å²) in [6, 6.07) is 0. The molecule has 1 atom stereocenters. The smallest absolute Gasteiger partial charge is 0.547 e. The number of hydrogen-bond acceptors (Lipinski definition) is 4. The van der Waals surface area contributed by atoms with Gasteiger partial charge in [-0.2, -0.15) is 0 Å². The summed E-state index contributed by atoms with van der Waals surface area (Å²) in [5.74, 6) is -1.40. The first-order chi connectivity index (χ1) is 4.91. The van der Waals surface area contributed by atoms with Crippen LogP contribution in [0.2, 0.25) is 0 Å². The van der Waals surface area contributed by atoms with Crippen molar-refractivity contribution in [1.82, 2.24) is 0 Å². The Balaban J connectivity index is -0.000000142. The van der Waals surface area contributed by atoms with E-state index in [1.807, 2.05) is 0 Å². The van der Waals surface area contributed by atoms with E-state index in [-0.39, 0.29) is 25.3 Å². The first kappa shape index (κ1) is 17.4. The van der Waals surface area contributed by atoms with Crippen LogP contribution in [0.4, 0.5) is 4.79 Å². The van der Waals surface area contributed by atoms with Gasteiger partial charge in [-0.1, -0.05) is 6.92 Å².